The van der Waals surface area contributed by atoms with Crippen molar-refractivity contribution in [1.82, 2.24) is 19.9 Å². The Balaban J connectivity index is 1.36. The fourth-order valence-electron chi connectivity index (χ4n) is 5.15. The number of phenols is 1. The van der Waals surface area contributed by atoms with Crippen LogP contribution < -0.4 is 15.5 Å². The van der Waals surface area contributed by atoms with Gasteiger partial charge in [-0.15, -0.1) is 0 Å². The van der Waals surface area contributed by atoms with E-state index in [1.165, 1.54) is 63.6 Å². The van der Waals surface area contributed by atoms with Gasteiger partial charge in [-0.25, -0.2) is 4.39 Å². The molecule has 1 aromatic carbocycles. The highest BCUT2D eigenvalue weighted by atomic mass is 19.1. The molecule has 1 unspecified atom stereocenters. The third-order valence-electron chi connectivity index (χ3n) is 6.97. The Labute approximate surface area is 188 Å². The first-order valence-corrected chi connectivity index (χ1v) is 11.9. The average molecular weight is 442 g/mol. The minimum absolute atomic E-state index is 0.375. The van der Waals surface area contributed by atoms with Gasteiger partial charge in [0.2, 0.25) is 17.8 Å². The molecule has 0 amide bonds. The maximum absolute atomic E-state index is 13.8. The molecule has 8 nitrogen and oxygen atoms in total. The van der Waals surface area contributed by atoms with Crippen LogP contribution in [0.3, 0.4) is 0 Å². The second kappa shape index (κ2) is 9.44. The molecule has 2 aliphatic heterocycles. The lowest BCUT2D eigenvalue weighted by Gasteiger charge is -2.37. The van der Waals surface area contributed by atoms with Gasteiger partial charge >= 0.3 is 0 Å². The molecule has 9 heteroatoms. The van der Waals surface area contributed by atoms with Crippen molar-refractivity contribution in [1.29, 1.82) is 0 Å². The molecule has 3 fully saturated rings. The molecule has 2 aromatic rings. The summed E-state index contributed by atoms with van der Waals surface area (Å²) in [5.74, 6) is 1.16. The van der Waals surface area contributed by atoms with Crippen molar-refractivity contribution in [2.75, 3.05) is 48.3 Å². The first-order chi connectivity index (χ1) is 15.6. The average Bonchev–Trinajstić information content (AvgIpc) is 3.29. The van der Waals surface area contributed by atoms with Crippen LogP contribution in [0.15, 0.2) is 18.2 Å². The molecule has 3 heterocycles. The molecule has 1 aliphatic carbocycles. The van der Waals surface area contributed by atoms with Gasteiger partial charge in [0.15, 0.2) is 11.6 Å². The number of nitrogens with one attached hydrogen (secondary N) is 2. The van der Waals surface area contributed by atoms with Crippen LogP contribution in [0.1, 0.15) is 44.9 Å². The van der Waals surface area contributed by atoms with Crippen molar-refractivity contribution >= 4 is 23.5 Å². The summed E-state index contributed by atoms with van der Waals surface area (Å²) in [6.45, 7) is 4.86. The van der Waals surface area contributed by atoms with E-state index in [0.717, 1.165) is 26.2 Å². The highest BCUT2D eigenvalue weighted by Gasteiger charge is 2.32. The molecule has 1 aromatic heterocycles. The quantitative estimate of drug-likeness (QED) is 0.585. The molecule has 172 valence electrons. The lowest BCUT2D eigenvalue weighted by molar-refractivity contribution is 0.229. The number of fused-ring (bicyclic) bond motifs is 1. The summed E-state index contributed by atoms with van der Waals surface area (Å²) in [5.41, 5.74) is 0.483. The fraction of sp³-hybridized carbons (Fsp3) is 0.609. The standard InChI is InChI=1S/C23H32FN7O/c24-19-13-17(8-9-20(19)32)26-22-27-21(25-14-16-5-2-1-3-6-16)28-23(29-22)31-12-11-30-10-4-7-18(30)15-31/h8-9,13,16,18,32H,1-7,10-12,14-15H2,(H2,25,26,27,28,29). The largest absolute Gasteiger partial charge is 0.505 e. The lowest BCUT2D eigenvalue weighted by atomic mass is 9.89. The third-order valence-corrected chi connectivity index (χ3v) is 6.97. The van der Waals surface area contributed by atoms with Gasteiger partial charge in [0.05, 0.1) is 0 Å². The van der Waals surface area contributed by atoms with Crippen molar-refractivity contribution in [3.8, 4) is 5.75 Å². The number of benzene rings is 1. The van der Waals surface area contributed by atoms with Gasteiger partial charge in [-0.05, 0) is 50.3 Å². The second-order valence-corrected chi connectivity index (χ2v) is 9.24. The summed E-state index contributed by atoms with van der Waals surface area (Å²) in [7, 11) is 0. The van der Waals surface area contributed by atoms with Crippen LogP contribution in [-0.2, 0) is 0 Å². The highest BCUT2D eigenvalue weighted by Crippen LogP contribution is 2.27. The molecular formula is C23H32FN7O. The van der Waals surface area contributed by atoms with E-state index in [1.807, 2.05) is 0 Å². The Bertz CT molecular complexity index is 937. The van der Waals surface area contributed by atoms with Crippen molar-refractivity contribution in [2.45, 2.75) is 51.0 Å². The van der Waals surface area contributed by atoms with Crippen molar-refractivity contribution in [3.63, 3.8) is 0 Å². The second-order valence-electron chi connectivity index (χ2n) is 9.24. The Morgan fingerprint density at radius 2 is 1.81 bits per heavy atom. The van der Waals surface area contributed by atoms with E-state index in [1.54, 1.807) is 6.07 Å². The molecule has 3 N–H and O–H groups in total. The van der Waals surface area contributed by atoms with Crippen LogP contribution in [0.25, 0.3) is 0 Å². The Kier molecular flexibility index (Phi) is 6.25. The number of rotatable bonds is 6. The normalized spacial score (nSPS) is 22.0. The van der Waals surface area contributed by atoms with E-state index < -0.39 is 5.82 Å². The summed E-state index contributed by atoms with van der Waals surface area (Å²) >= 11 is 0. The maximum atomic E-state index is 13.8. The van der Waals surface area contributed by atoms with Crippen molar-refractivity contribution in [3.05, 3.63) is 24.0 Å². The summed E-state index contributed by atoms with van der Waals surface area (Å²) in [4.78, 5) is 18.8. The van der Waals surface area contributed by atoms with Crippen molar-refractivity contribution in [2.24, 2.45) is 5.92 Å². The predicted molar refractivity (Wildman–Crippen MR) is 123 cm³/mol. The van der Waals surface area contributed by atoms with Gasteiger partial charge in [-0.1, -0.05) is 19.3 Å². The Morgan fingerprint density at radius 3 is 2.66 bits per heavy atom. The van der Waals surface area contributed by atoms with Crippen LogP contribution in [0.5, 0.6) is 5.75 Å². The number of aromatic nitrogens is 3. The Morgan fingerprint density at radius 1 is 0.969 bits per heavy atom. The van der Waals surface area contributed by atoms with Gasteiger partial charge in [-0.3, -0.25) is 4.90 Å². The fourth-order valence-corrected chi connectivity index (χ4v) is 5.15. The smallest absolute Gasteiger partial charge is 0.233 e. The first-order valence-electron chi connectivity index (χ1n) is 11.9. The lowest BCUT2D eigenvalue weighted by Crippen LogP contribution is -2.50. The van der Waals surface area contributed by atoms with Crippen LogP contribution in [0.2, 0.25) is 0 Å². The van der Waals surface area contributed by atoms with Crippen LogP contribution in [0.4, 0.5) is 27.9 Å². The van der Waals surface area contributed by atoms with Crippen LogP contribution in [-0.4, -0.2) is 63.7 Å². The molecule has 2 saturated heterocycles. The third kappa shape index (κ3) is 4.87. The zero-order chi connectivity index (χ0) is 21.9. The number of aromatic hydroxyl groups is 1. The zero-order valence-corrected chi connectivity index (χ0v) is 18.4. The van der Waals surface area contributed by atoms with Gasteiger partial charge < -0.3 is 20.6 Å². The molecule has 0 bridgehead atoms. The number of nitrogens with zero attached hydrogens (tertiary/aromatic N) is 5. The number of piperazine rings is 1. The molecule has 5 rings (SSSR count). The van der Waals surface area contributed by atoms with E-state index in [9.17, 15) is 9.50 Å². The molecule has 0 spiro atoms. The first kappa shape index (κ1) is 21.2. The minimum Gasteiger partial charge on any atom is -0.505 e. The molecule has 3 aliphatic rings. The van der Waals surface area contributed by atoms with Gasteiger partial charge in [0, 0.05) is 44.0 Å². The van der Waals surface area contributed by atoms with E-state index in [2.05, 4.69) is 30.4 Å². The molecule has 1 saturated carbocycles. The number of hydrogen-bond acceptors (Lipinski definition) is 8. The van der Waals surface area contributed by atoms with Crippen molar-refractivity contribution < 1.29 is 9.50 Å². The summed E-state index contributed by atoms with van der Waals surface area (Å²) in [6, 6.07) is 4.72. The van der Waals surface area contributed by atoms with E-state index in [0.29, 0.717) is 35.5 Å². The van der Waals surface area contributed by atoms with Gasteiger partial charge in [0.25, 0.3) is 0 Å². The van der Waals surface area contributed by atoms with Crippen LogP contribution >= 0.6 is 0 Å². The monoisotopic (exact) mass is 441 g/mol. The number of halogens is 1. The summed E-state index contributed by atoms with van der Waals surface area (Å²) in [5, 5.41) is 16.0. The van der Waals surface area contributed by atoms with E-state index in [-0.39, 0.29) is 5.75 Å². The molecule has 0 radical (unpaired) electrons. The van der Waals surface area contributed by atoms with E-state index >= 15 is 0 Å². The summed E-state index contributed by atoms with van der Waals surface area (Å²) < 4.78 is 13.8. The van der Waals surface area contributed by atoms with Gasteiger partial charge in [-0.2, -0.15) is 15.0 Å². The number of anilines is 4. The van der Waals surface area contributed by atoms with E-state index in [4.69, 9.17) is 4.98 Å². The van der Waals surface area contributed by atoms with Crippen LogP contribution in [0, 0.1) is 11.7 Å². The molecule has 32 heavy (non-hydrogen) atoms. The minimum atomic E-state index is -0.683. The maximum Gasteiger partial charge on any atom is 0.233 e. The SMILES string of the molecule is Oc1ccc(Nc2nc(NCC3CCCCC3)nc(N3CCN4CCCC4C3)n2)cc1F. The molecular weight excluding hydrogens is 409 g/mol. The van der Waals surface area contributed by atoms with Gasteiger partial charge in [0.1, 0.15) is 0 Å². The predicted octanol–water partition coefficient (Wildman–Crippen LogP) is 3.74. The topological polar surface area (TPSA) is 89.4 Å². The number of hydrogen-bond donors (Lipinski definition) is 3. The molecule has 1 atom stereocenters. The zero-order valence-electron chi connectivity index (χ0n) is 18.4. The number of phenolic OH excluding ortho intramolecular Hbond substituents is 1. The summed E-state index contributed by atoms with van der Waals surface area (Å²) in [6.07, 6.45) is 8.87. The highest BCUT2D eigenvalue weighted by molar-refractivity contribution is 5.57. The Hall–Kier alpha value is -2.68.